The maximum absolute atomic E-state index is 4.05. The molecule has 0 nitrogen and oxygen atoms in total. The van der Waals surface area contributed by atoms with Crippen LogP contribution in [0.4, 0.5) is 0 Å². The molecule has 0 aliphatic heterocycles. The van der Waals surface area contributed by atoms with Gasteiger partial charge in [-0.3, -0.25) is 0 Å². The van der Waals surface area contributed by atoms with E-state index < -0.39 is 0 Å². The molecule has 0 saturated carbocycles. The molecule has 0 aromatic rings. The highest BCUT2D eigenvalue weighted by atomic mass is 32.2. The lowest BCUT2D eigenvalue weighted by atomic mass is 10.9. The molecule has 0 aromatic carbocycles. The van der Waals surface area contributed by atoms with Gasteiger partial charge in [0.25, 0.3) is 0 Å². The Morgan fingerprint density at radius 2 is 0.714 bits per heavy atom. The molecule has 0 aliphatic rings. The standard InChI is InChI=1S/2C4H10S3/c2*5-1-3-7-4-2-6/h2*5-6H,1-4H2. The number of hydrogen-bond donors (Lipinski definition) is 4. The SMILES string of the molecule is SCCSCCS.SCCSCCS. The maximum Gasteiger partial charge on any atom is 0.00213 e. The minimum atomic E-state index is 0.985. The second-order valence-corrected chi connectivity index (χ2v) is 6.36. The fourth-order valence-electron chi connectivity index (χ4n) is 0.462. The summed E-state index contributed by atoms with van der Waals surface area (Å²) in [7, 11) is 0. The van der Waals surface area contributed by atoms with Crippen LogP contribution in [0.15, 0.2) is 0 Å². The Labute approximate surface area is 119 Å². The smallest absolute Gasteiger partial charge is 0.00213 e. The Morgan fingerprint density at radius 3 is 0.857 bits per heavy atom. The highest BCUT2D eigenvalue weighted by Crippen LogP contribution is 2.00. The van der Waals surface area contributed by atoms with Crippen LogP contribution in [0, 0.1) is 0 Å². The van der Waals surface area contributed by atoms with Crippen molar-refractivity contribution in [1.29, 1.82) is 0 Å². The second-order valence-electron chi connectivity index (χ2n) is 2.12. The van der Waals surface area contributed by atoms with Gasteiger partial charge in [0.1, 0.15) is 0 Å². The monoisotopic (exact) mass is 308 g/mol. The van der Waals surface area contributed by atoms with Crippen molar-refractivity contribution in [2.45, 2.75) is 0 Å². The zero-order chi connectivity index (χ0) is 11.1. The third-order valence-corrected chi connectivity index (χ3v) is 5.02. The summed E-state index contributed by atoms with van der Waals surface area (Å²) < 4.78 is 0. The number of thioether (sulfide) groups is 2. The van der Waals surface area contributed by atoms with E-state index in [1.54, 1.807) is 0 Å². The molecule has 0 aliphatic carbocycles. The lowest BCUT2D eigenvalue weighted by Crippen LogP contribution is -1.83. The Balaban J connectivity index is 0. The third-order valence-electron chi connectivity index (χ3n) is 0.942. The van der Waals surface area contributed by atoms with Gasteiger partial charge in [-0.2, -0.15) is 74.0 Å². The minimum Gasteiger partial charge on any atom is -0.179 e. The summed E-state index contributed by atoms with van der Waals surface area (Å²) in [4.78, 5) is 0. The molecule has 0 N–H and O–H groups in total. The van der Waals surface area contributed by atoms with Crippen molar-refractivity contribution in [2.24, 2.45) is 0 Å². The zero-order valence-corrected chi connectivity index (χ0v) is 13.5. The van der Waals surface area contributed by atoms with Gasteiger partial charge in [0, 0.05) is 23.0 Å². The van der Waals surface area contributed by atoms with Crippen LogP contribution in [0.1, 0.15) is 0 Å². The molecule has 6 heteroatoms. The molecular weight excluding hydrogens is 288 g/mol. The minimum absolute atomic E-state index is 0.985. The summed E-state index contributed by atoms with van der Waals surface area (Å²) in [6.07, 6.45) is 0. The first-order valence-electron chi connectivity index (χ1n) is 4.42. The molecule has 0 heterocycles. The van der Waals surface area contributed by atoms with Crippen molar-refractivity contribution < 1.29 is 0 Å². The molecule has 0 rings (SSSR count). The fraction of sp³-hybridized carbons (Fsp3) is 1.00. The summed E-state index contributed by atoms with van der Waals surface area (Å²) >= 11 is 20.0. The lowest BCUT2D eigenvalue weighted by molar-refractivity contribution is 1.50. The van der Waals surface area contributed by atoms with Crippen molar-refractivity contribution in [1.82, 2.24) is 0 Å². The van der Waals surface area contributed by atoms with E-state index in [1.807, 2.05) is 23.5 Å². The first kappa shape index (κ1) is 18.5. The van der Waals surface area contributed by atoms with Gasteiger partial charge in [-0.15, -0.1) is 0 Å². The van der Waals surface area contributed by atoms with E-state index in [0.29, 0.717) is 0 Å². The molecular formula is C8H20S6. The van der Waals surface area contributed by atoms with E-state index in [9.17, 15) is 0 Å². The molecule has 0 amide bonds. The average molecular weight is 309 g/mol. The van der Waals surface area contributed by atoms with Gasteiger partial charge in [0.05, 0.1) is 0 Å². The van der Waals surface area contributed by atoms with Gasteiger partial charge < -0.3 is 0 Å². The highest BCUT2D eigenvalue weighted by molar-refractivity contribution is 8.00. The predicted molar refractivity (Wildman–Crippen MR) is 90.1 cm³/mol. The van der Waals surface area contributed by atoms with Gasteiger partial charge in [0.2, 0.25) is 0 Å². The van der Waals surface area contributed by atoms with E-state index in [-0.39, 0.29) is 0 Å². The van der Waals surface area contributed by atoms with Gasteiger partial charge in [-0.25, -0.2) is 0 Å². The first-order chi connectivity index (χ1) is 6.83. The Bertz CT molecular complexity index is 62.2. The van der Waals surface area contributed by atoms with Gasteiger partial charge in [0.15, 0.2) is 0 Å². The molecule has 14 heavy (non-hydrogen) atoms. The fourth-order valence-corrected chi connectivity index (χ4v) is 2.94. The molecule has 88 valence electrons. The summed E-state index contributed by atoms with van der Waals surface area (Å²) in [5.41, 5.74) is 0. The molecule has 0 saturated heterocycles. The van der Waals surface area contributed by atoms with Gasteiger partial charge in [-0.1, -0.05) is 0 Å². The topological polar surface area (TPSA) is 0 Å². The maximum atomic E-state index is 4.05. The van der Waals surface area contributed by atoms with Crippen molar-refractivity contribution in [3.05, 3.63) is 0 Å². The van der Waals surface area contributed by atoms with Crippen LogP contribution < -0.4 is 0 Å². The van der Waals surface area contributed by atoms with E-state index in [1.165, 1.54) is 0 Å². The average Bonchev–Trinajstić information content (AvgIpc) is 2.21. The predicted octanol–water partition coefficient (Wildman–Crippen LogP) is 3.16. The van der Waals surface area contributed by atoms with Crippen molar-refractivity contribution in [3.8, 4) is 0 Å². The van der Waals surface area contributed by atoms with Gasteiger partial charge >= 0.3 is 0 Å². The zero-order valence-electron chi connectivity index (χ0n) is 8.26. The van der Waals surface area contributed by atoms with Crippen LogP contribution in [0.2, 0.25) is 0 Å². The molecule has 0 radical (unpaired) electrons. The summed E-state index contributed by atoms with van der Waals surface area (Å²) in [6.45, 7) is 0. The van der Waals surface area contributed by atoms with Crippen molar-refractivity contribution >= 4 is 74.0 Å². The lowest BCUT2D eigenvalue weighted by Gasteiger charge is -1.90. The Morgan fingerprint density at radius 1 is 0.500 bits per heavy atom. The van der Waals surface area contributed by atoms with E-state index >= 15 is 0 Å². The highest BCUT2D eigenvalue weighted by Gasteiger charge is 1.81. The molecule has 0 unspecified atom stereocenters. The van der Waals surface area contributed by atoms with Crippen LogP contribution in [0.25, 0.3) is 0 Å². The van der Waals surface area contributed by atoms with E-state index in [0.717, 1.165) is 46.0 Å². The third kappa shape index (κ3) is 23.7. The Hall–Kier alpha value is 2.10. The first-order valence-corrected chi connectivity index (χ1v) is 9.26. The molecule has 0 atom stereocenters. The molecule has 0 fully saturated rings. The van der Waals surface area contributed by atoms with Crippen LogP contribution in [-0.4, -0.2) is 46.0 Å². The van der Waals surface area contributed by atoms with Crippen LogP contribution in [0.5, 0.6) is 0 Å². The second kappa shape index (κ2) is 20.5. The van der Waals surface area contributed by atoms with Gasteiger partial charge in [-0.05, 0) is 23.0 Å². The number of rotatable bonds is 8. The Kier molecular flexibility index (Phi) is 27.0. The van der Waals surface area contributed by atoms with Crippen LogP contribution in [0.3, 0.4) is 0 Å². The van der Waals surface area contributed by atoms with Crippen molar-refractivity contribution in [3.63, 3.8) is 0 Å². The molecule has 0 bridgehead atoms. The van der Waals surface area contributed by atoms with E-state index in [2.05, 4.69) is 50.5 Å². The normalized spacial score (nSPS) is 9.43. The quantitative estimate of drug-likeness (QED) is 0.402. The number of thiol groups is 4. The summed E-state index contributed by atoms with van der Waals surface area (Å²) in [5.74, 6) is 8.56. The summed E-state index contributed by atoms with van der Waals surface area (Å²) in [5, 5.41) is 0. The summed E-state index contributed by atoms with van der Waals surface area (Å²) in [6, 6.07) is 0. The van der Waals surface area contributed by atoms with E-state index in [4.69, 9.17) is 0 Å². The van der Waals surface area contributed by atoms with Crippen LogP contribution >= 0.6 is 74.0 Å². The number of hydrogen-bond acceptors (Lipinski definition) is 6. The van der Waals surface area contributed by atoms with Crippen LogP contribution in [-0.2, 0) is 0 Å². The largest absolute Gasteiger partial charge is 0.179 e. The molecule has 0 aromatic heterocycles. The molecule has 0 spiro atoms. The van der Waals surface area contributed by atoms with Crippen molar-refractivity contribution in [2.75, 3.05) is 46.0 Å².